The lowest BCUT2D eigenvalue weighted by Gasteiger charge is -2.15. The van der Waals surface area contributed by atoms with Crippen LogP contribution in [0, 0.1) is 0 Å². The zero-order valence-electron chi connectivity index (χ0n) is 15.2. The number of guanidine groups is 1. The summed E-state index contributed by atoms with van der Waals surface area (Å²) >= 11 is 0. The van der Waals surface area contributed by atoms with Crippen LogP contribution < -0.4 is 20.1 Å². The lowest BCUT2D eigenvalue weighted by molar-refractivity contribution is -0.0505. The molecule has 27 heavy (non-hydrogen) atoms. The molecule has 0 saturated heterocycles. The van der Waals surface area contributed by atoms with Gasteiger partial charge in [0.2, 0.25) is 0 Å². The monoisotopic (exact) mass is 491 g/mol. The van der Waals surface area contributed by atoms with Crippen molar-refractivity contribution in [2.24, 2.45) is 4.99 Å². The molecule has 0 fully saturated rings. The van der Waals surface area contributed by atoms with Gasteiger partial charge >= 0.3 is 6.61 Å². The summed E-state index contributed by atoms with van der Waals surface area (Å²) in [5, 5.41) is 6.29. The Labute approximate surface area is 175 Å². The van der Waals surface area contributed by atoms with Gasteiger partial charge in [-0.1, -0.05) is 30.3 Å². The average Bonchev–Trinajstić information content (AvgIpc) is 2.65. The van der Waals surface area contributed by atoms with Crippen LogP contribution in [0.5, 0.6) is 11.5 Å². The van der Waals surface area contributed by atoms with Crippen molar-refractivity contribution in [2.75, 3.05) is 20.7 Å². The maximum absolute atomic E-state index is 12.6. The zero-order valence-corrected chi connectivity index (χ0v) is 17.6. The van der Waals surface area contributed by atoms with E-state index >= 15 is 0 Å². The van der Waals surface area contributed by atoms with Crippen LogP contribution in [0.15, 0.2) is 53.5 Å². The predicted molar refractivity (Wildman–Crippen MR) is 113 cm³/mol. The van der Waals surface area contributed by atoms with Gasteiger partial charge in [0, 0.05) is 31.8 Å². The standard InChI is InChI=1S/C19H23F2N3O2.HI/c1-22-19(23-11-10-14-6-4-3-5-7-14)24-13-15-8-9-16(25-2)12-17(15)26-18(20)21;/h3-9,12,18H,10-11,13H2,1-2H3,(H2,22,23,24);1H. The quantitative estimate of drug-likeness (QED) is 0.335. The summed E-state index contributed by atoms with van der Waals surface area (Å²) in [6.07, 6.45) is 0.851. The molecule has 2 N–H and O–H groups in total. The summed E-state index contributed by atoms with van der Waals surface area (Å²) < 4.78 is 34.8. The SMILES string of the molecule is CN=C(NCCc1ccccc1)NCc1ccc(OC)cc1OC(F)F.I. The molecule has 0 radical (unpaired) electrons. The largest absolute Gasteiger partial charge is 0.497 e. The van der Waals surface area contributed by atoms with E-state index < -0.39 is 6.61 Å². The van der Waals surface area contributed by atoms with Crippen molar-refractivity contribution < 1.29 is 18.3 Å². The second-order valence-corrected chi connectivity index (χ2v) is 5.44. The van der Waals surface area contributed by atoms with Crippen molar-refractivity contribution >= 4 is 29.9 Å². The third kappa shape index (κ3) is 7.98. The number of rotatable bonds is 8. The molecule has 0 bridgehead atoms. The molecule has 148 valence electrons. The first-order chi connectivity index (χ1) is 12.6. The molecule has 0 aromatic heterocycles. The lowest BCUT2D eigenvalue weighted by atomic mass is 10.1. The Morgan fingerprint density at radius 1 is 1.11 bits per heavy atom. The molecule has 2 aromatic carbocycles. The van der Waals surface area contributed by atoms with Gasteiger partial charge in [-0.3, -0.25) is 4.99 Å². The van der Waals surface area contributed by atoms with Gasteiger partial charge in [0.1, 0.15) is 11.5 Å². The van der Waals surface area contributed by atoms with Crippen molar-refractivity contribution in [3.63, 3.8) is 0 Å². The molecule has 0 atom stereocenters. The van der Waals surface area contributed by atoms with Crippen LogP contribution in [-0.2, 0) is 13.0 Å². The summed E-state index contributed by atoms with van der Waals surface area (Å²) in [6, 6.07) is 14.9. The lowest BCUT2D eigenvalue weighted by Crippen LogP contribution is -2.37. The van der Waals surface area contributed by atoms with Crippen molar-refractivity contribution in [1.82, 2.24) is 10.6 Å². The minimum absolute atomic E-state index is 0. The van der Waals surface area contributed by atoms with Gasteiger partial charge in [-0.15, -0.1) is 24.0 Å². The van der Waals surface area contributed by atoms with Gasteiger partial charge in [-0.25, -0.2) is 0 Å². The highest BCUT2D eigenvalue weighted by atomic mass is 127. The summed E-state index contributed by atoms with van der Waals surface area (Å²) in [5.74, 6) is 1.11. The summed E-state index contributed by atoms with van der Waals surface area (Å²) in [6.45, 7) is -1.91. The molecular weight excluding hydrogens is 467 g/mol. The van der Waals surface area contributed by atoms with E-state index in [1.54, 1.807) is 19.2 Å². The molecule has 0 heterocycles. The maximum Gasteiger partial charge on any atom is 0.387 e. The number of alkyl halides is 2. The van der Waals surface area contributed by atoms with Gasteiger partial charge in [-0.05, 0) is 24.1 Å². The molecule has 0 saturated carbocycles. The van der Waals surface area contributed by atoms with Gasteiger partial charge < -0.3 is 20.1 Å². The molecule has 0 spiro atoms. The molecule has 0 aliphatic rings. The zero-order chi connectivity index (χ0) is 18.8. The number of aliphatic imine (C=N–C) groups is 1. The Morgan fingerprint density at radius 3 is 2.48 bits per heavy atom. The summed E-state index contributed by atoms with van der Waals surface area (Å²) in [5.41, 5.74) is 1.80. The van der Waals surface area contributed by atoms with Crippen LogP contribution in [-0.4, -0.2) is 33.3 Å². The number of methoxy groups -OCH3 is 1. The Morgan fingerprint density at radius 2 is 1.85 bits per heavy atom. The maximum atomic E-state index is 12.6. The third-order valence-corrected chi connectivity index (χ3v) is 3.71. The van der Waals surface area contributed by atoms with E-state index in [4.69, 9.17) is 4.74 Å². The molecule has 2 aromatic rings. The fraction of sp³-hybridized carbons (Fsp3) is 0.316. The van der Waals surface area contributed by atoms with Crippen molar-refractivity contribution in [2.45, 2.75) is 19.6 Å². The van der Waals surface area contributed by atoms with Crippen LogP contribution in [0.25, 0.3) is 0 Å². The fourth-order valence-corrected chi connectivity index (χ4v) is 2.38. The van der Waals surface area contributed by atoms with Gasteiger partial charge in [0.15, 0.2) is 5.96 Å². The molecule has 0 aliphatic heterocycles. The summed E-state index contributed by atoms with van der Waals surface area (Å²) in [4.78, 5) is 4.14. The second-order valence-electron chi connectivity index (χ2n) is 5.44. The van der Waals surface area contributed by atoms with E-state index in [-0.39, 0.29) is 36.3 Å². The highest BCUT2D eigenvalue weighted by Gasteiger charge is 2.11. The van der Waals surface area contributed by atoms with Crippen molar-refractivity contribution in [1.29, 1.82) is 0 Å². The van der Waals surface area contributed by atoms with Crippen LogP contribution in [0.3, 0.4) is 0 Å². The highest BCUT2D eigenvalue weighted by molar-refractivity contribution is 14.0. The van der Waals surface area contributed by atoms with Crippen molar-refractivity contribution in [3.05, 3.63) is 59.7 Å². The smallest absolute Gasteiger partial charge is 0.387 e. The van der Waals surface area contributed by atoms with Gasteiger partial charge in [0.05, 0.1) is 7.11 Å². The van der Waals surface area contributed by atoms with Crippen LogP contribution in [0.2, 0.25) is 0 Å². The first kappa shape index (κ1) is 22.9. The molecule has 8 heteroatoms. The molecular formula is C19H24F2IN3O2. The average molecular weight is 491 g/mol. The molecule has 5 nitrogen and oxygen atoms in total. The van der Waals surface area contributed by atoms with Gasteiger partial charge in [0.25, 0.3) is 0 Å². The van der Waals surface area contributed by atoms with Crippen LogP contribution in [0.4, 0.5) is 8.78 Å². The normalized spacial score (nSPS) is 10.9. The number of halogens is 3. The van der Waals surface area contributed by atoms with Crippen LogP contribution in [0.1, 0.15) is 11.1 Å². The highest BCUT2D eigenvalue weighted by Crippen LogP contribution is 2.26. The third-order valence-electron chi connectivity index (χ3n) is 3.71. The Hall–Kier alpha value is -2.10. The van der Waals surface area contributed by atoms with Crippen molar-refractivity contribution in [3.8, 4) is 11.5 Å². The molecule has 0 unspecified atom stereocenters. The fourth-order valence-electron chi connectivity index (χ4n) is 2.38. The minimum atomic E-state index is -2.90. The number of benzene rings is 2. The Kier molecular flexibility index (Phi) is 10.5. The summed E-state index contributed by atoms with van der Waals surface area (Å²) in [7, 11) is 3.13. The van der Waals surface area contributed by atoms with E-state index in [9.17, 15) is 8.78 Å². The number of nitrogens with zero attached hydrogens (tertiary/aromatic N) is 1. The number of nitrogens with one attached hydrogen (secondary N) is 2. The van der Waals surface area contributed by atoms with E-state index in [0.29, 0.717) is 23.8 Å². The topological polar surface area (TPSA) is 54.9 Å². The van der Waals surface area contributed by atoms with E-state index in [2.05, 4.69) is 32.5 Å². The second kappa shape index (κ2) is 12.3. The Balaban J connectivity index is 0.00000364. The molecule has 2 rings (SSSR count). The predicted octanol–water partition coefficient (Wildman–Crippen LogP) is 3.82. The number of hydrogen-bond donors (Lipinski definition) is 2. The first-order valence-electron chi connectivity index (χ1n) is 8.22. The van der Waals surface area contributed by atoms with Crippen LogP contribution >= 0.6 is 24.0 Å². The van der Waals surface area contributed by atoms with E-state index in [0.717, 1.165) is 6.42 Å². The minimum Gasteiger partial charge on any atom is -0.497 e. The first-order valence-corrected chi connectivity index (χ1v) is 8.22. The molecule has 0 aliphatic carbocycles. The van der Waals surface area contributed by atoms with E-state index in [1.165, 1.54) is 18.7 Å². The Bertz CT molecular complexity index is 715. The van der Waals surface area contributed by atoms with Gasteiger partial charge in [-0.2, -0.15) is 8.78 Å². The molecule has 0 amide bonds. The number of ether oxygens (including phenoxy) is 2. The number of hydrogen-bond acceptors (Lipinski definition) is 3. The van der Waals surface area contributed by atoms with E-state index in [1.807, 2.05) is 18.2 Å².